The Morgan fingerprint density at radius 3 is 2.10 bits per heavy atom. The van der Waals surface area contributed by atoms with E-state index in [9.17, 15) is 35.9 Å². The average Bonchev–Trinajstić information content (AvgIpc) is 2.65. The predicted molar refractivity (Wildman–Crippen MR) is 94.0 cm³/mol. The number of carbonyl (C=O) groups is 2. The minimum atomic E-state index is -5.05. The number of alkyl halides is 6. The van der Waals surface area contributed by atoms with Gasteiger partial charge in [-0.1, -0.05) is 12.1 Å². The summed E-state index contributed by atoms with van der Waals surface area (Å²) in [4.78, 5) is 25.7. The van der Waals surface area contributed by atoms with Crippen molar-refractivity contribution >= 4 is 23.2 Å². The fraction of sp³-hybridized carbons (Fsp3) is 0.263. The highest BCUT2D eigenvalue weighted by atomic mass is 19.4. The number of carbonyl (C=O) groups excluding carboxylic acids is 2. The maximum atomic E-state index is 13.0. The Morgan fingerprint density at radius 1 is 1.00 bits per heavy atom. The number of anilines is 2. The lowest BCUT2D eigenvalue weighted by molar-refractivity contribution is -0.143. The third-order valence-corrected chi connectivity index (χ3v) is 4.30. The lowest BCUT2D eigenvalue weighted by Gasteiger charge is -2.33. The van der Waals surface area contributed by atoms with Crippen LogP contribution < -0.4 is 15.0 Å². The molecule has 160 valence electrons. The van der Waals surface area contributed by atoms with E-state index in [2.05, 4.69) is 0 Å². The SMILES string of the molecule is CC(=O)N1CC(C(=O)Nc2cc(C(F)(F)F)cc(C(F)(F)F)c2)Oc2ccccc21. The Labute approximate surface area is 166 Å². The summed E-state index contributed by atoms with van der Waals surface area (Å²) < 4.78 is 83.4. The molecule has 0 spiro atoms. The smallest absolute Gasteiger partial charge is 0.416 e. The van der Waals surface area contributed by atoms with E-state index in [1.54, 1.807) is 18.2 Å². The van der Waals surface area contributed by atoms with Crippen LogP contribution in [0.3, 0.4) is 0 Å². The molecule has 5 nitrogen and oxygen atoms in total. The zero-order valence-corrected chi connectivity index (χ0v) is 15.3. The maximum absolute atomic E-state index is 13.0. The van der Waals surface area contributed by atoms with Crippen LogP contribution in [0.1, 0.15) is 18.1 Å². The average molecular weight is 432 g/mol. The lowest BCUT2D eigenvalue weighted by Crippen LogP contribution is -2.48. The molecule has 2 amide bonds. The van der Waals surface area contributed by atoms with Gasteiger partial charge in [0.05, 0.1) is 23.4 Å². The zero-order chi connectivity index (χ0) is 22.3. The minimum Gasteiger partial charge on any atom is -0.476 e. The first-order valence-electron chi connectivity index (χ1n) is 8.50. The van der Waals surface area contributed by atoms with E-state index in [-0.39, 0.29) is 18.4 Å². The molecular formula is C19H14F6N2O3. The summed E-state index contributed by atoms with van der Waals surface area (Å²) in [7, 11) is 0. The molecule has 0 saturated carbocycles. The number of hydrogen-bond donors (Lipinski definition) is 1. The monoisotopic (exact) mass is 432 g/mol. The van der Waals surface area contributed by atoms with Crippen molar-refractivity contribution in [2.75, 3.05) is 16.8 Å². The number of ether oxygens (including phenoxy) is 1. The van der Waals surface area contributed by atoms with Gasteiger partial charge in [-0.25, -0.2) is 0 Å². The third-order valence-electron chi connectivity index (χ3n) is 4.30. The molecule has 1 atom stereocenters. The molecule has 2 aromatic carbocycles. The first-order valence-corrected chi connectivity index (χ1v) is 8.50. The second-order valence-corrected chi connectivity index (χ2v) is 6.49. The zero-order valence-electron chi connectivity index (χ0n) is 15.3. The van der Waals surface area contributed by atoms with Crippen LogP contribution in [0.5, 0.6) is 5.75 Å². The molecular weight excluding hydrogens is 418 g/mol. The number of hydrogen-bond acceptors (Lipinski definition) is 3. The Balaban J connectivity index is 1.90. The van der Waals surface area contributed by atoms with Crippen molar-refractivity contribution in [2.24, 2.45) is 0 Å². The molecule has 11 heteroatoms. The highest BCUT2D eigenvalue weighted by molar-refractivity contribution is 5.99. The quantitative estimate of drug-likeness (QED) is 0.713. The van der Waals surface area contributed by atoms with Gasteiger partial charge in [-0.3, -0.25) is 9.59 Å². The topological polar surface area (TPSA) is 58.6 Å². The highest BCUT2D eigenvalue weighted by Crippen LogP contribution is 2.38. The normalized spacial score (nSPS) is 16.5. The predicted octanol–water partition coefficient (Wildman–Crippen LogP) is 4.48. The highest BCUT2D eigenvalue weighted by Gasteiger charge is 2.38. The number of rotatable bonds is 2. The van der Waals surface area contributed by atoms with Gasteiger partial charge in [0.1, 0.15) is 5.75 Å². The van der Waals surface area contributed by atoms with Gasteiger partial charge in [-0.2, -0.15) is 26.3 Å². The van der Waals surface area contributed by atoms with Crippen LogP contribution in [0.4, 0.5) is 37.7 Å². The van der Waals surface area contributed by atoms with Gasteiger partial charge < -0.3 is 15.0 Å². The molecule has 1 N–H and O–H groups in total. The molecule has 0 radical (unpaired) electrons. The van der Waals surface area contributed by atoms with Crippen molar-refractivity contribution in [3.8, 4) is 5.75 Å². The number of benzene rings is 2. The molecule has 0 aliphatic carbocycles. The van der Waals surface area contributed by atoms with Crippen molar-refractivity contribution < 1.29 is 40.7 Å². The number of fused-ring (bicyclic) bond motifs is 1. The summed E-state index contributed by atoms with van der Waals surface area (Å²) in [6.07, 6.45) is -11.4. The van der Waals surface area contributed by atoms with Crippen molar-refractivity contribution in [1.29, 1.82) is 0 Å². The van der Waals surface area contributed by atoms with Gasteiger partial charge in [0.2, 0.25) is 5.91 Å². The molecule has 0 aromatic heterocycles. The van der Waals surface area contributed by atoms with Gasteiger partial charge >= 0.3 is 12.4 Å². The first-order chi connectivity index (χ1) is 13.9. The lowest BCUT2D eigenvalue weighted by atomic mass is 10.1. The Morgan fingerprint density at radius 2 is 1.57 bits per heavy atom. The molecule has 0 bridgehead atoms. The molecule has 3 rings (SSSR count). The van der Waals surface area contributed by atoms with Gasteiger partial charge in [0.25, 0.3) is 5.91 Å². The van der Waals surface area contributed by atoms with E-state index in [0.29, 0.717) is 17.8 Å². The Kier molecular flexibility index (Phi) is 5.40. The van der Waals surface area contributed by atoms with Crippen molar-refractivity contribution in [1.82, 2.24) is 0 Å². The first kappa shape index (κ1) is 21.5. The van der Waals surface area contributed by atoms with E-state index in [4.69, 9.17) is 4.74 Å². The standard InChI is InChI=1S/C19H14F6N2O3/c1-10(28)27-9-16(30-15-5-3-2-4-14(15)27)17(29)26-13-7-11(18(20,21)22)6-12(8-13)19(23,24)25/h2-8,16H,9H2,1H3,(H,26,29). The van der Waals surface area contributed by atoms with Gasteiger partial charge in [0.15, 0.2) is 6.10 Å². The van der Waals surface area contributed by atoms with E-state index in [1.165, 1.54) is 17.9 Å². The summed E-state index contributed by atoms with van der Waals surface area (Å²) in [5.41, 5.74) is -3.42. The Hall–Kier alpha value is -3.24. The number of amides is 2. The Bertz CT molecular complexity index is 955. The fourth-order valence-electron chi connectivity index (χ4n) is 2.92. The van der Waals surface area contributed by atoms with Crippen molar-refractivity contribution in [3.05, 3.63) is 53.6 Å². The minimum absolute atomic E-state index is 0.0412. The van der Waals surface area contributed by atoms with Crippen LogP contribution in [0.2, 0.25) is 0 Å². The molecule has 0 saturated heterocycles. The largest absolute Gasteiger partial charge is 0.476 e. The number of nitrogens with zero attached hydrogens (tertiary/aromatic N) is 1. The number of nitrogens with one attached hydrogen (secondary N) is 1. The van der Waals surface area contributed by atoms with Crippen molar-refractivity contribution in [3.63, 3.8) is 0 Å². The van der Waals surface area contributed by atoms with E-state index in [0.717, 1.165) is 0 Å². The third kappa shape index (κ3) is 4.50. The van der Waals surface area contributed by atoms with Crippen LogP contribution in [-0.4, -0.2) is 24.5 Å². The molecule has 1 heterocycles. The van der Waals surface area contributed by atoms with Crippen LogP contribution in [0.25, 0.3) is 0 Å². The van der Waals surface area contributed by atoms with Gasteiger partial charge in [-0.05, 0) is 30.3 Å². The summed E-state index contributed by atoms with van der Waals surface area (Å²) in [6.45, 7) is 0.989. The second kappa shape index (κ2) is 7.54. The molecule has 1 aliphatic heterocycles. The van der Waals surface area contributed by atoms with Crippen LogP contribution in [0, 0.1) is 0 Å². The molecule has 1 aliphatic rings. The van der Waals surface area contributed by atoms with Crippen LogP contribution in [-0.2, 0) is 21.9 Å². The maximum Gasteiger partial charge on any atom is 0.416 e. The van der Waals surface area contributed by atoms with Crippen LogP contribution in [0.15, 0.2) is 42.5 Å². The number of para-hydroxylation sites is 2. The summed E-state index contributed by atoms with van der Waals surface area (Å²) in [5.74, 6) is -1.23. The van der Waals surface area contributed by atoms with Gasteiger partial charge in [-0.15, -0.1) is 0 Å². The van der Waals surface area contributed by atoms with Gasteiger partial charge in [0, 0.05) is 12.6 Å². The number of halogens is 6. The molecule has 2 aromatic rings. The summed E-state index contributed by atoms with van der Waals surface area (Å²) in [6, 6.07) is 7.03. The molecule has 30 heavy (non-hydrogen) atoms. The summed E-state index contributed by atoms with van der Waals surface area (Å²) >= 11 is 0. The summed E-state index contributed by atoms with van der Waals surface area (Å²) in [5, 5.41) is 2.03. The molecule has 0 fully saturated rings. The van der Waals surface area contributed by atoms with E-state index in [1.807, 2.05) is 5.32 Å². The van der Waals surface area contributed by atoms with Crippen molar-refractivity contribution in [2.45, 2.75) is 25.4 Å². The van der Waals surface area contributed by atoms with Crippen LogP contribution >= 0.6 is 0 Å². The fourth-order valence-corrected chi connectivity index (χ4v) is 2.92. The van der Waals surface area contributed by atoms with E-state index < -0.39 is 47.1 Å². The van der Waals surface area contributed by atoms with E-state index >= 15 is 0 Å². The molecule has 1 unspecified atom stereocenters. The second-order valence-electron chi connectivity index (χ2n) is 6.49.